The number of carbonyl (C=O) groups excluding carboxylic acids is 2. The molecule has 0 spiro atoms. The smallest absolute Gasteiger partial charge is 0.257 e. The highest BCUT2D eigenvalue weighted by Crippen LogP contribution is 2.27. The van der Waals surface area contributed by atoms with E-state index in [1.807, 2.05) is 6.07 Å². The standard InChI is InChI=1S/C20H22N2O2S/c1-20(2,3)17-7-5-15(6-8-17)16-9-14(11-22-12-16)10-18(25-13-23)19(24)21-4/h5-13H,1-4H3,(H,21,24)/b18-10-. The molecule has 25 heavy (non-hydrogen) atoms. The van der Waals surface area contributed by atoms with Gasteiger partial charge in [-0.1, -0.05) is 45.0 Å². The molecular weight excluding hydrogens is 332 g/mol. The summed E-state index contributed by atoms with van der Waals surface area (Å²) in [6, 6.07) is 10.3. The summed E-state index contributed by atoms with van der Waals surface area (Å²) >= 11 is 0.851. The van der Waals surface area contributed by atoms with Crippen molar-refractivity contribution in [2.24, 2.45) is 0 Å². The second kappa shape index (κ2) is 8.12. The molecule has 0 aliphatic heterocycles. The van der Waals surface area contributed by atoms with Crippen molar-refractivity contribution in [1.29, 1.82) is 0 Å². The molecule has 0 fully saturated rings. The van der Waals surface area contributed by atoms with E-state index in [0.717, 1.165) is 28.5 Å². The van der Waals surface area contributed by atoms with Crippen LogP contribution in [0.3, 0.4) is 0 Å². The van der Waals surface area contributed by atoms with Crippen molar-refractivity contribution in [3.05, 3.63) is 58.8 Å². The maximum absolute atomic E-state index is 11.8. The molecule has 2 aromatic rings. The molecular formula is C20H22N2O2S. The third-order valence-corrected chi connectivity index (χ3v) is 4.42. The highest BCUT2D eigenvalue weighted by molar-refractivity contribution is 8.16. The molecule has 0 aliphatic rings. The van der Waals surface area contributed by atoms with Crippen LogP contribution in [0.25, 0.3) is 17.2 Å². The zero-order valence-corrected chi connectivity index (χ0v) is 15.7. The molecule has 1 aromatic heterocycles. The van der Waals surface area contributed by atoms with E-state index in [-0.39, 0.29) is 11.3 Å². The summed E-state index contributed by atoms with van der Waals surface area (Å²) in [5.41, 5.74) is 4.80. The monoisotopic (exact) mass is 354 g/mol. The second-order valence-electron chi connectivity index (χ2n) is 6.64. The fourth-order valence-corrected chi connectivity index (χ4v) is 2.85. The molecule has 130 valence electrons. The molecule has 0 unspecified atom stereocenters. The third-order valence-electron chi connectivity index (χ3n) is 3.77. The first kappa shape index (κ1) is 18.9. The van der Waals surface area contributed by atoms with E-state index >= 15 is 0 Å². The van der Waals surface area contributed by atoms with Crippen molar-refractivity contribution < 1.29 is 9.59 Å². The van der Waals surface area contributed by atoms with E-state index < -0.39 is 0 Å². The van der Waals surface area contributed by atoms with Gasteiger partial charge in [-0.2, -0.15) is 0 Å². The van der Waals surface area contributed by atoms with Crippen LogP contribution in [0.15, 0.2) is 47.6 Å². The minimum atomic E-state index is -0.294. The number of benzene rings is 1. The van der Waals surface area contributed by atoms with E-state index in [9.17, 15) is 9.59 Å². The van der Waals surface area contributed by atoms with Gasteiger partial charge in [0.1, 0.15) is 0 Å². The molecule has 4 nitrogen and oxygen atoms in total. The molecule has 0 aliphatic carbocycles. The highest BCUT2D eigenvalue weighted by Gasteiger charge is 2.13. The predicted octanol–water partition coefficient (Wildman–Crippen LogP) is 4.06. The van der Waals surface area contributed by atoms with Crippen LogP contribution in [0.5, 0.6) is 0 Å². The Labute approximate surface area is 152 Å². The molecule has 1 heterocycles. The first-order valence-corrected chi connectivity index (χ1v) is 8.83. The Balaban J connectivity index is 2.35. The van der Waals surface area contributed by atoms with Crippen LogP contribution >= 0.6 is 11.8 Å². The number of nitrogens with one attached hydrogen (secondary N) is 1. The normalized spacial score (nSPS) is 11.9. The highest BCUT2D eigenvalue weighted by atomic mass is 32.2. The summed E-state index contributed by atoms with van der Waals surface area (Å²) in [7, 11) is 1.53. The molecule has 1 aromatic carbocycles. The average molecular weight is 354 g/mol. The molecule has 0 radical (unpaired) electrons. The number of hydrogen-bond donors (Lipinski definition) is 1. The maximum atomic E-state index is 11.8. The largest absolute Gasteiger partial charge is 0.355 e. The lowest BCUT2D eigenvalue weighted by molar-refractivity contribution is -0.116. The van der Waals surface area contributed by atoms with Crippen LogP contribution in [0, 0.1) is 0 Å². The fraction of sp³-hybridized carbons (Fsp3) is 0.250. The number of aromatic nitrogens is 1. The van der Waals surface area contributed by atoms with Gasteiger partial charge in [-0.3, -0.25) is 14.6 Å². The SMILES string of the molecule is CNC(=O)/C(=C/c1cncc(-c2ccc(C(C)(C)C)cc2)c1)SC=O. The van der Waals surface area contributed by atoms with Crippen LogP contribution in [-0.2, 0) is 15.0 Å². The molecule has 1 N–H and O–H groups in total. The fourth-order valence-electron chi connectivity index (χ4n) is 2.34. The number of carbonyl (C=O) groups is 2. The van der Waals surface area contributed by atoms with Gasteiger partial charge < -0.3 is 5.32 Å². The lowest BCUT2D eigenvalue weighted by Gasteiger charge is -2.19. The van der Waals surface area contributed by atoms with Crippen molar-refractivity contribution >= 4 is 29.4 Å². The van der Waals surface area contributed by atoms with Gasteiger partial charge in [-0.05, 0) is 46.0 Å². The maximum Gasteiger partial charge on any atom is 0.257 e. The Hall–Kier alpha value is -2.40. The summed E-state index contributed by atoms with van der Waals surface area (Å²) in [5, 5.41) is 2.53. The number of pyridine rings is 1. The molecule has 2 rings (SSSR count). The summed E-state index contributed by atoms with van der Waals surface area (Å²) in [6.45, 7) is 6.54. The van der Waals surface area contributed by atoms with E-state index in [1.54, 1.807) is 18.5 Å². The minimum absolute atomic E-state index is 0.107. The topological polar surface area (TPSA) is 59.1 Å². The van der Waals surface area contributed by atoms with Crippen LogP contribution < -0.4 is 5.32 Å². The lowest BCUT2D eigenvalue weighted by Crippen LogP contribution is -2.18. The van der Waals surface area contributed by atoms with E-state index in [2.05, 4.69) is 55.3 Å². The van der Waals surface area contributed by atoms with Gasteiger partial charge in [-0.25, -0.2) is 0 Å². The summed E-state index contributed by atoms with van der Waals surface area (Å²) < 4.78 is 0. The molecule has 0 saturated heterocycles. The van der Waals surface area contributed by atoms with E-state index in [0.29, 0.717) is 10.5 Å². The Morgan fingerprint density at radius 3 is 2.36 bits per heavy atom. The van der Waals surface area contributed by atoms with Gasteiger partial charge in [0.2, 0.25) is 0 Å². The Kier molecular flexibility index (Phi) is 6.15. The van der Waals surface area contributed by atoms with Gasteiger partial charge in [0.15, 0.2) is 5.62 Å². The summed E-state index contributed by atoms with van der Waals surface area (Å²) in [4.78, 5) is 27.2. The average Bonchev–Trinajstić information content (AvgIpc) is 2.60. The van der Waals surface area contributed by atoms with Crippen molar-refractivity contribution in [3.63, 3.8) is 0 Å². The van der Waals surface area contributed by atoms with Gasteiger partial charge in [0, 0.05) is 25.0 Å². The predicted molar refractivity (Wildman–Crippen MR) is 105 cm³/mol. The first-order chi connectivity index (χ1) is 11.8. The van der Waals surface area contributed by atoms with Crippen LogP contribution in [0.4, 0.5) is 0 Å². The zero-order chi connectivity index (χ0) is 18.4. The van der Waals surface area contributed by atoms with Crippen molar-refractivity contribution in [2.75, 3.05) is 7.05 Å². The molecule has 0 bridgehead atoms. The third kappa shape index (κ3) is 5.03. The molecule has 0 atom stereocenters. The first-order valence-electron chi connectivity index (χ1n) is 7.95. The van der Waals surface area contributed by atoms with Crippen LogP contribution in [-0.4, -0.2) is 23.6 Å². The zero-order valence-electron chi connectivity index (χ0n) is 14.9. The number of hydrogen-bond acceptors (Lipinski definition) is 4. The van der Waals surface area contributed by atoms with Gasteiger partial charge in [0.05, 0.1) is 4.91 Å². The Morgan fingerprint density at radius 1 is 1.12 bits per heavy atom. The number of likely N-dealkylation sites (N-methyl/N-ethyl adjacent to an activating group) is 1. The summed E-state index contributed by atoms with van der Waals surface area (Å²) in [5.74, 6) is -0.294. The number of amides is 1. The molecule has 5 heteroatoms. The summed E-state index contributed by atoms with van der Waals surface area (Å²) in [6.07, 6.45) is 5.12. The molecule has 1 amide bonds. The minimum Gasteiger partial charge on any atom is -0.355 e. The number of rotatable bonds is 5. The number of thioether (sulfide) groups is 1. The van der Waals surface area contributed by atoms with E-state index in [4.69, 9.17) is 0 Å². The van der Waals surface area contributed by atoms with Gasteiger partial charge in [-0.15, -0.1) is 0 Å². The van der Waals surface area contributed by atoms with Crippen LogP contribution in [0.2, 0.25) is 0 Å². The van der Waals surface area contributed by atoms with E-state index in [1.165, 1.54) is 12.6 Å². The Bertz CT molecular complexity index is 790. The van der Waals surface area contributed by atoms with Crippen molar-refractivity contribution in [1.82, 2.24) is 10.3 Å². The van der Waals surface area contributed by atoms with Crippen molar-refractivity contribution in [2.45, 2.75) is 26.2 Å². The number of nitrogens with zero attached hydrogens (tertiary/aromatic N) is 1. The van der Waals surface area contributed by atoms with Crippen molar-refractivity contribution in [3.8, 4) is 11.1 Å². The van der Waals surface area contributed by atoms with Gasteiger partial charge >= 0.3 is 0 Å². The molecule has 0 saturated carbocycles. The lowest BCUT2D eigenvalue weighted by atomic mass is 9.86. The second-order valence-corrected chi connectivity index (χ2v) is 7.50. The van der Waals surface area contributed by atoms with Gasteiger partial charge in [0.25, 0.3) is 5.91 Å². The van der Waals surface area contributed by atoms with Crippen LogP contribution in [0.1, 0.15) is 31.9 Å². The Morgan fingerprint density at radius 2 is 1.80 bits per heavy atom. The quantitative estimate of drug-likeness (QED) is 0.650.